The Morgan fingerprint density at radius 2 is 0.909 bits per heavy atom. The van der Waals surface area contributed by atoms with Gasteiger partial charge in [-0.05, 0) is 29.7 Å². The third kappa shape index (κ3) is 3.39. The summed E-state index contributed by atoms with van der Waals surface area (Å²) in [6.07, 6.45) is 0.437. The molecule has 0 heterocycles. The third-order valence-corrected chi connectivity index (χ3v) is 5.28. The highest BCUT2D eigenvalue weighted by atomic mass is 19.2. The fraction of sp³-hybridized carbons (Fsp3) is 0.0476. The van der Waals surface area contributed by atoms with Gasteiger partial charge in [0.2, 0.25) is 0 Å². The smallest absolute Gasteiger partial charge is 0.207 e. The van der Waals surface area contributed by atoms with E-state index < -0.39 is 93.5 Å². The second-order valence-corrected chi connectivity index (χ2v) is 7.14. The molecule has 1 aliphatic rings. The minimum absolute atomic E-state index is 0.0859. The van der Waals surface area contributed by atoms with E-state index in [0.29, 0.717) is 0 Å². The van der Waals surface area contributed by atoms with Crippen molar-refractivity contribution >= 4 is 23.7 Å². The summed E-state index contributed by atoms with van der Waals surface area (Å²) in [6.45, 7) is -2.63. The van der Waals surface area contributed by atoms with Gasteiger partial charge >= 0.3 is 0 Å². The van der Waals surface area contributed by atoms with Crippen molar-refractivity contribution in [2.24, 2.45) is 0 Å². The van der Waals surface area contributed by atoms with Crippen LogP contribution in [0.3, 0.4) is 0 Å². The second-order valence-electron chi connectivity index (χ2n) is 7.14. The zero-order chi connectivity index (χ0) is 24.4. The van der Waals surface area contributed by atoms with Gasteiger partial charge in [-0.25, -0.2) is 48.3 Å². The molecule has 0 unspecified atom stereocenters. The Labute approximate surface area is 178 Å². The molecule has 0 amide bonds. The molecule has 0 nitrogen and oxygen atoms in total. The van der Waals surface area contributed by atoms with Crippen molar-refractivity contribution in [1.29, 1.82) is 0 Å². The molecule has 0 saturated heterocycles. The summed E-state index contributed by atoms with van der Waals surface area (Å²) in [5.41, 5.74) is -3.92. The van der Waals surface area contributed by atoms with Crippen molar-refractivity contribution in [2.45, 2.75) is 6.42 Å². The molecule has 3 aromatic rings. The van der Waals surface area contributed by atoms with E-state index in [2.05, 4.69) is 0 Å². The van der Waals surface area contributed by atoms with Crippen LogP contribution < -0.4 is 10.9 Å². The summed E-state index contributed by atoms with van der Waals surface area (Å²) in [4.78, 5) is 0. The van der Waals surface area contributed by atoms with Gasteiger partial charge in [0, 0.05) is 10.9 Å². The lowest BCUT2D eigenvalue weighted by Gasteiger charge is -2.20. The zero-order valence-corrected chi connectivity index (χ0v) is 15.8. The maximum Gasteiger partial charge on any atom is 0.253 e. The number of hydrogen-bond donors (Lipinski definition) is 0. The van der Waals surface area contributed by atoms with Gasteiger partial charge in [0.15, 0.2) is 58.2 Å². The van der Waals surface area contributed by atoms with Crippen molar-refractivity contribution in [1.82, 2.24) is 0 Å². The molecular weight excluding hydrogens is 472 g/mol. The molecule has 3 aromatic carbocycles. The predicted molar refractivity (Wildman–Crippen MR) is 95.6 cm³/mol. The van der Waals surface area contributed by atoms with Crippen molar-refractivity contribution in [3.05, 3.63) is 98.8 Å². The first-order chi connectivity index (χ1) is 15.5. The molecule has 0 aromatic heterocycles. The van der Waals surface area contributed by atoms with E-state index in [-0.39, 0.29) is 11.1 Å². The molecule has 0 bridgehead atoms. The van der Waals surface area contributed by atoms with Gasteiger partial charge in [-0.3, -0.25) is 0 Å². The molecule has 0 radical (unpaired) electrons. The van der Waals surface area contributed by atoms with Gasteiger partial charge in [-0.1, -0.05) is 17.6 Å². The Morgan fingerprint density at radius 3 is 1.33 bits per heavy atom. The average Bonchev–Trinajstić information content (AvgIpc) is 3.20. The standard InChI is InChI=1S/C21H6BF11/c23-9-2-1-6-3-8(4-7(6)5-9)22(10-12(24)16(28)20(32)17(29)13(10)25)11-14(26)18(30)21(33)19(31)15(11)27/h1-3,5H,4H2. The summed E-state index contributed by atoms with van der Waals surface area (Å²) in [5.74, 6) is -26.0. The van der Waals surface area contributed by atoms with Gasteiger partial charge in [0.1, 0.15) is 5.82 Å². The van der Waals surface area contributed by atoms with Gasteiger partial charge in [0.05, 0.1) is 0 Å². The number of rotatable bonds is 3. The molecule has 0 N–H and O–H groups in total. The van der Waals surface area contributed by atoms with Crippen LogP contribution in [0, 0.1) is 64.0 Å². The number of fused-ring (bicyclic) bond motifs is 1. The SMILES string of the molecule is Fc1ccc2c(c1)CC(B(c1c(F)c(F)c(F)c(F)c1F)c1c(F)c(F)c(F)c(F)c1F)=C2. The minimum Gasteiger partial charge on any atom is -0.207 e. The lowest BCUT2D eigenvalue weighted by Crippen LogP contribution is -2.52. The highest BCUT2D eigenvalue weighted by Gasteiger charge is 2.42. The molecule has 4 rings (SSSR count). The first kappa shape index (κ1) is 22.9. The van der Waals surface area contributed by atoms with Crippen LogP contribution in [-0.4, -0.2) is 6.71 Å². The van der Waals surface area contributed by atoms with Crippen LogP contribution in [0.15, 0.2) is 23.7 Å². The van der Waals surface area contributed by atoms with Gasteiger partial charge in [-0.2, -0.15) is 0 Å². The molecule has 0 saturated carbocycles. The maximum atomic E-state index is 14.6. The Hall–Kier alpha value is -3.31. The monoisotopic (exact) mass is 478 g/mol. The molecule has 0 fully saturated rings. The number of halogens is 11. The van der Waals surface area contributed by atoms with Crippen molar-refractivity contribution in [3.63, 3.8) is 0 Å². The summed E-state index contributed by atoms with van der Waals surface area (Å²) in [7, 11) is 0. The fourth-order valence-electron chi connectivity index (χ4n) is 3.79. The van der Waals surface area contributed by atoms with Crippen molar-refractivity contribution < 1.29 is 48.3 Å². The van der Waals surface area contributed by atoms with Crippen LogP contribution in [0.5, 0.6) is 0 Å². The Kier molecular flexibility index (Phi) is 5.49. The highest BCUT2D eigenvalue weighted by molar-refractivity contribution is 6.91. The maximum absolute atomic E-state index is 14.6. The van der Waals surface area contributed by atoms with E-state index in [4.69, 9.17) is 0 Å². The third-order valence-electron chi connectivity index (χ3n) is 5.28. The lowest BCUT2D eigenvalue weighted by atomic mass is 9.35. The molecule has 0 aliphatic heterocycles. The van der Waals surface area contributed by atoms with Crippen LogP contribution in [-0.2, 0) is 6.42 Å². The number of allylic oxidation sites excluding steroid dienone is 1. The zero-order valence-electron chi connectivity index (χ0n) is 15.8. The van der Waals surface area contributed by atoms with Gasteiger partial charge in [0.25, 0.3) is 6.71 Å². The highest BCUT2D eigenvalue weighted by Crippen LogP contribution is 2.30. The summed E-state index contributed by atoms with van der Waals surface area (Å²) in [5, 5.41) is 0. The number of benzene rings is 3. The van der Waals surface area contributed by atoms with Crippen LogP contribution in [0.4, 0.5) is 48.3 Å². The second kappa shape index (κ2) is 7.93. The van der Waals surface area contributed by atoms with Crippen LogP contribution in [0.25, 0.3) is 6.08 Å². The van der Waals surface area contributed by atoms with E-state index in [1.807, 2.05) is 0 Å². The van der Waals surface area contributed by atoms with E-state index in [0.717, 1.165) is 24.3 Å². The first-order valence-electron chi connectivity index (χ1n) is 8.97. The largest absolute Gasteiger partial charge is 0.253 e. The van der Waals surface area contributed by atoms with Gasteiger partial charge < -0.3 is 0 Å². The van der Waals surface area contributed by atoms with Crippen LogP contribution in [0.2, 0.25) is 0 Å². The quantitative estimate of drug-likeness (QED) is 0.215. The van der Waals surface area contributed by atoms with Gasteiger partial charge in [-0.15, -0.1) is 0 Å². The summed E-state index contributed by atoms with van der Waals surface area (Å²) >= 11 is 0. The average molecular weight is 478 g/mol. The van der Waals surface area contributed by atoms with Crippen molar-refractivity contribution in [3.8, 4) is 0 Å². The van der Waals surface area contributed by atoms with Crippen LogP contribution in [0.1, 0.15) is 11.1 Å². The fourth-order valence-corrected chi connectivity index (χ4v) is 3.79. The van der Waals surface area contributed by atoms with E-state index >= 15 is 0 Å². The molecule has 170 valence electrons. The Balaban J connectivity index is 2.09. The van der Waals surface area contributed by atoms with E-state index in [1.165, 1.54) is 0 Å². The Bertz CT molecular complexity index is 1240. The molecule has 33 heavy (non-hydrogen) atoms. The molecule has 0 spiro atoms. The normalized spacial score (nSPS) is 12.8. The predicted octanol–water partition coefficient (Wildman–Crippen LogP) is 5.00. The Morgan fingerprint density at radius 1 is 0.515 bits per heavy atom. The first-order valence-corrected chi connectivity index (χ1v) is 8.97. The topological polar surface area (TPSA) is 0 Å². The molecule has 12 heteroatoms. The van der Waals surface area contributed by atoms with Crippen LogP contribution >= 0.6 is 0 Å². The van der Waals surface area contributed by atoms with E-state index in [1.54, 1.807) is 0 Å². The number of hydrogen-bond acceptors (Lipinski definition) is 0. The molecular formula is C21H6BF11. The van der Waals surface area contributed by atoms with E-state index in [9.17, 15) is 48.3 Å². The van der Waals surface area contributed by atoms with Crippen molar-refractivity contribution in [2.75, 3.05) is 0 Å². The summed E-state index contributed by atoms with van der Waals surface area (Å²) < 4.78 is 155. The summed E-state index contributed by atoms with van der Waals surface area (Å²) in [6, 6.07) is 3.02. The molecule has 1 aliphatic carbocycles. The lowest BCUT2D eigenvalue weighted by molar-refractivity contribution is 0.382. The molecule has 0 atom stereocenters. The minimum atomic E-state index is -2.63.